The zero-order valence-corrected chi connectivity index (χ0v) is 9.90. The summed E-state index contributed by atoms with van der Waals surface area (Å²) < 4.78 is 5.21. The third-order valence-electron chi connectivity index (χ3n) is 1.68. The zero-order valence-electron chi connectivity index (χ0n) is 8.26. The van der Waals surface area contributed by atoms with Crippen molar-refractivity contribution >= 4 is 40.2 Å². The van der Waals surface area contributed by atoms with E-state index >= 15 is 0 Å². The highest BCUT2D eigenvalue weighted by molar-refractivity contribution is 8.23. The molecule has 82 valence electrons. The third kappa shape index (κ3) is 3.64. The molecule has 0 spiro atoms. The van der Waals surface area contributed by atoms with Crippen molar-refractivity contribution < 1.29 is 14.3 Å². The first kappa shape index (κ1) is 12.2. The first-order chi connectivity index (χ1) is 7.15. The van der Waals surface area contributed by atoms with Crippen molar-refractivity contribution in [2.45, 2.75) is 6.92 Å². The lowest BCUT2D eigenvalue weighted by molar-refractivity contribution is -0.137. The molecule has 0 unspecified atom stereocenters. The third-order valence-corrected chi connectivity index (χ3v) is 3.10. The van der Waals surface area contributed by atoms with Crippen LogP contribution in [0.5, 0.6) is 0 Å². The van der Waals surface area contributed by atoms with Crippen LogP contribution in [-0.4, -0.2) is 40.0 Å². The quantitative estimate of drug-likeness (QED) is 0.421. The second-order valence-corrected chi connectivity index (χ2v) is 4.42. The predicted octanol–water partition coefficient (Wildman–Crippen LogP) is 0.966. The Labute approximate surface area is 97.6 Å². The largest absolute Gasteiger partial charge is 0.463 e. The topological polar surface area (TPSA) is 46.6 Å². The van der Waals surface area contributed by atoms with E-state index in [1.807, 2.05) is 0 Å². The smallest absolute Gasteiger partial charge is 0.330 e. The Morgan fingerprint density at radius 1 is 1.60 bits per heavy atom. The van der Waals surface area contributed by atoms with E-state index in [0.717, 1.165) is 11.8 Å². The van der Waals surface area contributed by atoms with Gasteiger partial charge in [0.1, 0.15) is 4.32 Å². The molecule has 0 atom stereocenters. The number of thioether (sulfide) groups is 1. The van der Waals surface area contributed by atoms with E-state index in [1.165, 1.54) is 22.7 Å². The van der Waals surface area contributed by atoms with E-state index in [2.05, 4.69) is 4.74 Å². The molecule has 0 bridgehead atoms. The maximum atomic E-state index is 11.5. The van der Waals surface area contributed by atoms with E-state index in [-0.39, 0.29) is 5.91 Å². The van der Waals surface area contributed by atoms with E-state index in [4.69, 9.17) is 12.2 Å². The SMILES string of the molecule is CCOC(=O)/C=C/C(=O)N1CCSC1=S. The molecule has 1 aliphatic heterocycles. The maximum absolute atomic E-state index is 11.5. The van der Waals surface area contributed by atoms with Gasteiger partial charge in [-0.1, -0.05) is 24.0 Å². The van der Waals surface area contributed by atoms with Gasteiger partial charge in [-0.05, 0) is 6.92 Å². The van der Waals surface area contributed by atoms with Gasteiger partial charge in [0.15, 0.2) is 0 Å². The van der Waals surface area contributed by atoms with Gasteiger partial charge in [0.25, 0.3) is 5.91 Å². The number of carbonyl (C=O) groups excluding carboxylic acids is 2. The second-order valence-electron chi connectivity index (χ2n) is 2.69. The predicted molar refractivity (Wildman–Crippen MR) is 62.5 cm³/mol. The van der Waals surface area contributed by atoms with Gasteiger partial charge in [-0.3, -0.25) is 9.69 Å². The van der Waals surface area contributed by atoms with Crippen molar-refractivity contribution in [1.29, 1.82) is 0 Å². The highest BCUT2D eigenvalue weighted by atomic mass is 32.2. The molecule has 1 heterocycles. The van der Waals surface area contributed by atoms with Gasteiger partial charge in [0.05, 0.1) is 6.61 Å². The summed E-state index contributed by atoms with van der Waals surface area (Å²) >= 11 is 6.43. The Bertz CT molecular complexity index is 314. The van der Waals surface area contributed by atoms with E-state index < -0.39 is 5.97 Å². The number of hydrogen-bond donors (Lipinski definition) is 0. The lowest BCUT2D eigenvalue weighted by atomic mass is 10.4. The van der Waals surface area contributed by atoms with E-state index in [0.29, 0.717) is 17.5 Å². The minimum Gasteiger partial charge on any atom is -0.463 e. The number of nitrogens with zero attached hydrogens (tertiary/aromatic N) is 1. The Hall–Kier alpha value is -0.880. The van der Waals surface area contributed by atoms with Crippen molar-refractivity contribution in [2.24, 2.45) is 0 Å². The number of thiocarbonyl (C=S) groups is 1. The van der Waals surface area contributed by atoms with Crippen LogP contribution in [-0.2, 0) is 14.3 Å². The summed E-state index contributed by atoms with van der Waals surface area (Å²) in [5, 5.41) is 0. The second kappa shape index (κ2) is 5.87. The van der Waals surface area contributed by atoms with Gasteiger partial charge < -0.3 is 4.74 Å². The summed E-state index contributed by atoms with van der Waals surface area (Å²) in [6.07, 6.45) is 2.31. The van der Waals surface area contributed by atoms with Gasteiger partial charge in [-0.15, -0.1) is 0 Å². The number of rotatable bonds is 3. The molecule has 1 rings (SSSR count). The first-order valence-electron chi connectivity index (χ1n) is 4.48. The molecular formula is C9H11NO3S2. The van der Waals surface area contributed by atoms with Crippen molar-refractivity contribution in [3.63, 3.8) is 0 Å². The first-order valence-corrected chi connectivity index (χ1v) is 5.87. The normalized spacial score (nSPS) is 16.1. The molecule has 0 radical (unpaired) electrons. The number of ether oxygens (including phenoxy) is 1. The molecule has 1 saturated heterocycles. The molecule has 0 saturated carbocycles. The standard InChI is InChI=1S/C9H11NO3S2/c1-2-13-8(12)4-3-7(11)10-5-6-15-9(10)14/h3-4H,2,5-6H2,1H3/b4-3+. The minimum atomic E-state index is -0.511. The van der Waals surface area contributed by atoms with E-state index in [1.54, 1.807) is 6.92 Å². The van der Waals surface area contributed by atoms with Crippen LogP contribution in [0.25, 0.3) is 0 Å². The highest BCUT2D eigenvalue weighted by Crippen LogP contribution is 2.17. The van der Waals surface area contributed by atoms with Crippen LogP contribution in [0, 0.1) is 0 Å². The molecular weight excluding hydrogens is 234 g/mol. The average Bonchev–Trinajstić information content (AvgIpc) is 2.61. The fourth-order valence-corrected chi connectivity index (χ4v) is 2.23. The van der Waals surface area contributed by atoms with Crippen LogP contribution in [0.15, 0.2) is 12.2 Å². The zero-order chi connectivity index (χ0) is 11.3. The Morgan fingerprint density at radius 3 is 2.87 bits per heavy atom. The number of hydrogen-bond acceptors (Lipinski definition) is 5. The molecule has 4 nitrogen and oxygen atoms in total. The van der Waals surface area contributed by atoms with Crippen LogP contribution in [0.2, 0.25) is 0 Å². The molecule has 1 fully saturated rings. The summed E-state index contributed by atoms with van der Waals surface area (Å²) in [4.78, 5) is 23.9. The monoisotopic (exact) mass is 245 g/mol. The highest BCUT2D eigenvalue weighted by Gasteiger charge is 2.22. The molecule has 1 amide bonds. The minimum absolute atomic E-state index is 0.266. The van der Waals surface area contributed by atoms with Crippen LogP contribution in [0.4, 0.5) is 0 Å². The van der Waals surface area contributed by atoms with Gasteiger partial charge in [0.2, 0.25) is 0 Å². The van der Waals surface area contributed by atoms with Gasteiger partial charge in [-0.2, -0.15) is 0 Å². The maximum Gasteiger partial charge on any atom is 0.330 e. The van der Waals surface area contributed by atoms with Crippen molar-refractivity contribution in [3.05, 3.63) is 12.2 Å². The number of amides is 1. The van der Waals surface area contributed by atoms with Crippen LogP contribution in [0.3, 0.4) is 0 Å². The molecule has 1 aliphatic rings. The molecule has 0 N–H and O–H groups in total. The summed E-state index contributed by atoms with van der Waals surface area (Å²) in [5.41, 5.74) is 0. The Balaban J connectivity index is 2.47. The van der Waals surface area contributed by atoms with Crippen molar-refractivity contribution in [2.75, 3.05) is 18.9 Å². The van der Waals surface area contributed by atoms with Crippen LogP contribution < -0.4 is 0 Å². The van der Waals surface area contributed by atoms with Crippen LogP contribution >= 0.6 is 24.0 Å². The fourth-order valence-electron chi connectivity index (χ4n) is 1.01. The molecule has 0 aliphatic carbocycles. The Kier molecular flexibility index (Phi) is 4.77. The molecule has 6 heteroatoms. The fraction of sp³-hybridized carbons (Fsp3) is 0.444. The summed E-state index contributed by atoms with van der Waals surface area (Å²) in [5.74, 6) is 0.0411. The molecule has 0 aromatic carbocycles. The Morgan fingerprint density at radius 2 is 2.33 bits per heavy atom. The van der Waals surface area contributed by atoms with Gasteiger partial charge in [0, 0.05) is 24.4 Å². The summed E-state index contributed by atoms with van der Waals surface area (Å²) in [6, 6.07) is 0. The van der Waals surface area contributed by atoms with E-state index in [9.17, 15) is 9.59 Å². The number of esters is 1. The summed E-state index contributed by atoms with van der Waals surface area (Å²) in [6.45, 7) is 2.62. The average molecular weight is 245 g/mol. The summed E-state index contributed by atoms with van der Waals surface area (Å²) in [7, 11) is 0. The van der Waals surface area contributed by atoms with Crippen molar-refractivity contribution in [1.82, 2.24) is 4.90 Å². The van der Waals surface area contributed by atoms with Gasteiger partial charge >= 0.3 is 5.97 Å². The van der Waals surface area contributed by atoms with Crippen LogP contribution in [0.1, 0.15) is 6.92 Å². The van der Waals surface area contributed by atoms with Crippen molar-refractivity contribution in [3.8, 4) is 0 Å². The lowest BCUT2D eigenvalue weighted by Gasteiger charge is -2.10. The lowest BCUT2D eigenvalue weighted by Crippen LogP contribution is -2.29. The number of carbonyl (C=O) groups is 2. The molecule has 15 heavy (non-hydrogen) atoms. The molecule has 0 aromatic heterocycles. The van der Waals surface area contributed by atoms with Gasteiger partial charge in [-0.25, -0.2) is 4.79 Å². The molecule has 0 aromatic rings.